The first-order valence-electron chi connectivity index (χ1n) is 8.41. The van der Waals surface area contributed by atoms with Crippen LogP contribution in [-0.4, -0.2) is 35.6 Å². The van der Waals surface area contributed by atoms with Crippen LogP contribution >= 0.6 is 0 Å². The summed E-state index contributed by atoms with van der Waals surface area (Å²) < 4.78 is 12.6. The lowest BCUT2D eigenvalue weighted by Gasteiger charge is -2.10. The molecule has 140 valence electrons. The first kappa shape index (κ1) is 19.7. The second-order valence-electron chi connectivity index (χ2n) is 6.22. The molecule has 2 rings (SSSR count). The van der Waals surface area contributed by atoms with E-state index in [2.05, 4.69) is 4.57 Å². The molecule has 0 bridgehead atoms. The molecule has 0 aliphatic carbocycles. The van der Waals surface area contributed by atoms with Gasteiger partial charge in [0, 0.05) is 43.3 Å². The van der Waals surface area contributed by atoms with E-state index in [0.29, 0.717) is 12.2 Å². The molecule has 1 heterocycles. The third kappa shape index (κ3) is 4.49. The highest BCUT2D eigenvalue weighted by Crippen LogP contribution is 2.28. The summed E-state index contributed by atoms with van der Waals surface area (Å²) in [6, 6.07) is 6.43. The largest absolute Gasteiger partial charge is 0.478 e. The van der Waals surface area contributed by atoms with Gasteiger partial charge in [-0.25, -0.2) is 0 Å². The molecule has 0 saturated heterocycles. The van der Waals surface area contributed by atoms with E-state index in [4.69, 9.17) is 9.47 Å². The maximum atomic E-state index is 12.6. The summed E-state index contributed by atoms with van der Waals surface area (Å²) in [4.78, 5) is 23.2. The van der Waals surface area contributed by atoms with E-state index in [-0.39, 0.29) is 23.8 Å². The zero-order valence-corrected chi connectivity index (χ0v) is 15.6. The molecule has 0 saturated carbocycles. The van der Waals surface area contributed by atoms with Crippen LogP contribution in [0.1, 0.15) is 33.7 Å². The lowest BCUT2D eigenvalue weighted by molar-refractivity contribution is -0.385. The number of hydrogen-bond acceptors (Lipinski definition) is 5. The van der Waals surface area contributed by atoms with Crippen LogP contribution in [0.2, 0.25) is 0 Å². The molecule has 7 nitrogen and oxygen atoms in total. The van der Waals surface area contributed by atoms with Crippen molar-refractivity contribution in [3.63, 3.8) is 0 Å². The number of carbonyl (C=O) groups excluding carboxylic acids is 1. The van der Waals surface area contributed by atoms with Gasteiger partial charge in [-0.2, -0.15) is 0 Å². The summed E-state index contributed by atoms with van der Waals surface area (Å²) >= 11 is 0. The fourth-order valence-electron chi connectivity index (χ4n) is 2.90. The van der Waals surface area contributed by atoms with Crippen LogP contribution in [0.3, 0.4) is 0 Å². The number of methoxy groups -OCH3 is 1. The molecular weight excluding hydrogens is 336 g/mol. The predicted molar refractivity (Wildman–Crippen MR) is 98.1 cm³/mol. The predicted octanol–water partition coefficient (Wildman–Crippen LogP) is 3.62. The third-order valence-corrected chi connectivity index (χ3v) is 4.28. The van der Waals surface area contributed by atoms with Crippen molar-refractivity contribution in [2.75, 3.05) is 20.3 Å². The van der Waals surface area contributed by atoms with Crippen molar-refractivity contribution in [3.05, 3.63) is 56.9 Å². The van der Waals surface area contributed by atoms with Gasteiger partial charge in [-0.1, -0.05) is 6.07 Å². The summed E-state index contributed by atoms with van der Waals surface area (Å²) in [5.41, 5.74) is 3.12. The van der Waals surface area contributed by atoms with Crippen molar-refractivity contribution in [1.29, 1.82) is 0 Å². The number of rotatable bonds is 9. The standard InChI is InChI=1S/C19H24N2O5/c1-13-6-7-17(21(23)24)19(10-13)26-12-18(22)16-11-14(2)20(15(16)3)8-5-9-25-4/h6-7,10-11H,5,8-9,12H2,1-4H3. The van der Waals surface area contributed by atoms with E-state index in [1.54, 1.807) is 19.2 Å². The van der Waals surface area contributed by atoms with Crippen molar-refractivity contribution >= 4 is 11.5 Å². The zero-order valence-electron chi connectivity index (χ0n) is 15.6. The number of nitrogens with zero attached hydrogens (tertiary/aromatic N) is 2. The van der Waals surface area contributed by atoms with Gasteiger partial charge in [-0.05, 0) is 44.9 Å². The Balaban J connectivity index is 2.13. The van der Waals surface area contributed by atoms with Crippen LogP contribution in [-0.2, 0) is 11.3 Å². The average molecular weight is 360 g/mol. The monoisotopic (exact) mass is 360 g/mol. The number of carbonyl (C=O) groups is 1. The Kier molecular flexibility index (Phi) is 6.52. The van der Waals surface area contributed by atoms with Gasteiger partial charge in [0.1, 0.15) is 0 Å². The average Bonchev–Trinajstić information content (AvgIpc) is 2.87. The first-order valence-corrected chi connectivity index (χ1v) is 8.41. The molecule has 0 amide bonds. The van der Waals surface area contributed by atoms with Crippen LogP contribution in [0, 0.1) is 30.9 Å². The van der Waals surface area contributed by atoms with E-state index < -0.39 is 4.92 Å². The molecule has 0 aliphatic rings. The Morgan fingerprint density at radius 2 is 1.96 bits per heavy atom. The number of aromatic nitrogens is 1. The molecule has 26 heavy (non-hydrogen) atoms. The van der Waals surface area contributed by atoms with E-state index >= 15 is 0 Å². The van der Waals surface area contributed by atoms with Crippen molar-refractivity contribution in [1.82, 2.24) is 4.57 Å². The molecule has 0 aliphatic heterocycles. The molecule has 2 aromatic rings. The minimum Gasteiger partial charge on any atom is -0.478 e. The fourth-order valence-corrected chi connectivity index (χ4v) is 2.90. The molecule has 7 heteroatoms. The topological polar surface area (TPSA) is 83.6 Å². The van der Waals surface area contributed by atoms with E-state index in [1.165, 1.54) is 6.07 Å². The molecule has 1 aromatic carbocycles. The van der Waals surface area contributed by atoms with Gasteiger partial charge in [0.25, 0.3) is 0 Å². The van der Waals surface area contributed by atoms with Gasteiger partial charge in [0.15, 0.2) is 12.4 Å². The minimum absolute atomic E-state index is 0.109. The van der Waals surface area contributed by atoms with Crippen molar-refractivity contribution < 1.29 is 19.2 Å². The van der Waals surface area contributed by atoms with Gasteiger partial charge in [0.2, 0.25) is 5.78 Å². The highest BCUT2D eigenvalue weighted by molar-refractivity contribution is 5.98. The van der Waals surface area contributed by atoms with Crippen molar-refractivity contribution in [2.24, 2.45) is 0 Å². The summed E-state index contributed by atoms with van der Waals surface area (Å²) in [6.07, 6.45) is 0.854. The van der Waals surface area contributed by atoms with Crippen LogP contribution in [0.15, 0.2) is 24.3 Å². The molecule has 1 aromatic heterocycles. The van der Waals surface area contributed by atoms with Crippen LogP contribution in [0.4, 0.5) is 5.69 Å². The fraction of sp³-hybridized carbons (Fsp3) is 0.421. The molecule has 0 atom stereocenters. The number of aryl methyl sites for hydroxylation is 2. The number of nitro groups is 1. The molecule has 0 radical (unpaired) electrons. The van der Waals surface area contributed by atoms with Gasteiger partial charge in [0.05, 0.1) is 4.92 Å². The molecule has 0 spiro atoms. The Morgan fingerprint density at radius 3 is 2.62 bits per heavy atom. The minimum atomic E-state index is -0.513. The normalized spacial score (nSPS) is 10.8. The molecule has 0 unspecified atom stereocenters. The van der Waals surface area contributed by atoms with Crippen molar-refractivity contribution in [2.45, 2.75) is 33.7 Å². The van der Waals surface area contributed by atoms with Crippen LogP contribution in [0.5, 0.6) is 5.75 Å². The number of hydrogen-bond donors (Lipinski definition) is 0. The smallest absolute Gasteiger partial charge is 0.310 e. The van der Waals surface area contributed by atoms with Gasteiger partial charge >= 0.3 is 5.69 Å². The van der Waals surface area contributed by atoms with Gasteiger partial charge in [-0.15, -0.1) is 0 Å². The van der Waals surface area contributed by atoms with E-state index in [1.807, 2.05) is 26.8 Å². The summed E-state index contributed by atoms with van der Waals surface area (Å²) in [5, 5.41) is 11.1. The molecular formula is C19H24N2O5. The number of benzene rings is 1. The Morgan fingerprint density at radius 1 is 1.23 bits per heavy atom. The summed E-state index contributed by atoms with van der Waals surface area (Å²) in [6.45, 7) is 6.83. The SMILES string of the molecule is COCCCn1c(C)cc(C(=O)COc2cc(C)ccc2[N+](=O)[O-])c1C. The quantitative estimate of drug-likeness (QED) is 0.295. The number of nitro benzene ring substituents is 1. The summed E-state index contributed by atoms with van der Waals surface area (Å²) in [7, 11) is 1.66. The van der Waals surface area contributed by atoms with Crippen molar-refractivity contribution in [3.8, 4) is 5.75 Å². The highest BCUT2D eigenvalue weighted by Gasteiger charge is 2.19. The van der Waals surface area contributed by atoms with Gasteiger partial charge in [-0.3, -0.25) is 14.9 Å². The lowest BCUT2D eigenvalue weighted by atomic mass is 10.1. The second-order valence-corrected chi connectivity index (χ2v) is 6.22. The maximum absolute atomic E-state index is 12.6. The lowest BCUT2D eigenvalue weighted by Crippen LogP contribution is -2.14. The molecule has 0 N–H and O–H groups in total. The second kappa shape index (κ2) is 8.62. The van der Waals surface area contributed by atoms with E-state index in [9.17, 15) is 14.9 Å². The number of ketones is 1. The molecule has 0 fully saturated rings. The van der Waals surface area contributed by atoms with Crippen LogP contribution in [0.25, 0.3) is 0 Å². The highest BCUT2D eigenvalue weighted by atomic mass is 16.6. The zero-order chi connectivity index (χ0) is 19.3. The van der Waals surface area contributed by atoms with Crippen LogP contribution < -0.4 is 4.74 Å². The Bertz CT molecular complexity index is 811. The maximum Gasteiger partial charge on any atom is 0.310 e. The number of Topliss-reactive ketones (excluding diaryl/α,β-unsaturated/α-hetero) is 1. The van der Waals surface area contributed by atoms with E-state index in [0.717, 1.165) is 29.9 Å². The first-order chi connectivity index (χ1) is 12.3. The number of ether oxygens (including phenoxy) is 2. The third-order valence-electron chi connectivity index (χ3n) is 4.28. The summed E-state index contributed by atoms with van der Waals surface area (Å²) in [5.74, 6) is -0.0934. The Labute approximate surface area is 152 Å². The Hall–Kier alpha value is -2.67. The van der Waals surface area contributed by atoms with Gasteiger partial charge < -0.3 is 14.0 Å².